The Bertz CT molecular complexity index is 1420. The number of benzene rings is 3. The smallest absolute Gasteiger partial charge is 0.0424 e. The van der Waals surface area contributed by atoms with Crippen LogP contribution in [0.2, 0.25) is 0 Å². The van der Waals surface area contributed by atoms with Gasteiger partial charge in [-0.15, -0.1) is 22.7 Å². The minimum atomic E-state index is 0.997. The third-order valence-electron chi connectivity index (χ3n) is 9.74. The monoisotopic (exact) mass is 538 g/mol. The summed E-state index contributed by atoms with van der Waals surface area (Å²) in [6.45, 7) is 0. The minimum Gasteiger partial charge on any atom is -0.140 e. The third-order valence-corrected chi connectivity index (χ3v) is 12.2. The highest BCUT2D eigenvalue weighted by molar-refractivity contribution is 7.20. The summed E-state index contributed by atoms with van der Waals surface area (Å²) in [4.78, 5) is 3.16. The molecule has 38 heavy (non-hydrogen) atoms. The van der Waals surface area contributed by atoms with E-state index in [1.165, 1.54) is 144 Å². The van der Waals surface area contributed by atoms with Crippen LogP contribution in [0.15, 0.2) is 48.5 Å². The van der Waals surface area contributed by atoms with Gasteiger partial charge in [0.05, 0.1) is 0 Å². The summed E-state index contributed by atoms with van der Waals surface area (Å²) < 4.78 is 2.98. The topological polar surface area (TPSA) is 0 Å². The second kappa shape index (κ2) is 11.3. The Morgan fingerprint density at radius 3 is 1.37 bits per heavy atom. The number of rotatable bonds is 8. The van der Waals surface area contributed by atoms with Crippen molar-refractivity contribution in [1.82, 2.24) is 0 Å². The molecule has 0 amide bonds. The van der Waals surface area contributed by atoms with Gasteiger partial charge in [0.1, 0.15) is 0 Å². The maximum atomic E-state index is 2.48. The SMILES string of the molecule is c1cc2cc(CCCC3CCCCC3)sc2c2cc3ccc4cc(CCCC5CCCCC5)sc4c3cc12. The lowest BCUT2D eigenvalue weighted by atomic mass is 9.86. The molecule has 2 aliphatic carbocycles. The Balaban J connectivity index is 1.11. The normalized spacial score (nSPS) is 17.9. The molecule has 0 saturated heterocycles. The van der Waals surface area contributed by atoms with Crippen molar-refractivity contribution in [3.63, 3.8) is 0 Å². The van der Waals surface area contributed by atoms with Crippen LogP contribution in [-0.2, 0) is 12.8 Å². The fourth-order valence-corrected chi connectivity index (χ4v) is 10.0. The maximum Gasteiger partial charge on any atom is 0.0424 e. The molecule has 3 aromatic carbocycles. The van der Waals surface area contributed by atoms with Crippen LogP contribution >= 0.6 is 22.7 Å². The summed E-state index contributed by atoms with van der Waals surface area (Å²) in [6.07, 6.45) is 22.8. The summed E-state index contributed by atoms with van der Waals surface area (Å²) in [5, 5.41) is 8.57. The molecule has 2 fully saturated rings. The Hall–Kier alpha value is -1.90. The van der Waals surface area contributed by atoms with E-state index >= 15 is 0 Å². The van der Waals surface area contributed by atoms with E-state index in [9.17, 15) is 0 Å². The number of aryl methyl sites for hydroxylation is 2. The maximum absolute atomic E-state index is 2.48. The van der Waals surface area contributed by atoms with Crippen molar-refractivity contribution < 1.29 is 0 Å². The predicted octanol–water partition coefficient (Wildman–Crippen LogP) is 12.2. The van der Waals surface area contributed by atoms with Crippen LogP contribution in [0.5, 0.6) is 0 Å². The lowest BCUT2D eigenvalue weighted by molar-refractivity contribution is 0.333. The highest BCUT2D eigenvalue weighted by Gasteiger charge is 2.15. The zero-order chi connectivity index (χ0) is 25.3. The average molecular weight is 539 g/mol. The van der Waals surface area contributed by atoms with Crippen molar-refractivity contribution in [2.24, 2.45) is 11.8 Å². The Morgan fingerprint density at radius 1 is 0.500 bits per heavy atom. The molecule has 0 spiro atoms. The van der Waals surface area contributed by atoms with Crippen molar-refractivity contribution in [2.45, 2.75) is 103 Å². The van der Waals surface area contributed by atoms with E-state index in [2.05, 4.69) is 71.2 Å². The molecule has 2 aliphatic rings. The summed E-state index contributed by atoms with van der Waals surface area (Å²) >= 11 is 4.11. The number of hydrogen-bond acceptors (Lipinski definition) is 2. The van der Waals surface area contributed by atoms with E-state index in [-0.39, 0.29) is 0 Å². The van der Waals surface area contributed by atoms with Gasteiger partial charge in [-0.2, -0.15) is 0 Å². The molecule has 0 unspecified atom stereocenters. The molecule has 0 nitrogen and oxygen atoms in total. The molecule has 2 heteroatoms. The summed E-state index contributed by atoms with van der Waals surface area (Å²) in [7, 11) is 0. The van der Waals surface area contributed by atoms with E-state index in [1.54, 1.807) is 9.75 Å². The molecule has 198 valence electrons. The van der Waals surface area contributed by atoms with Gasteiger partial charge in [0.15, 0.2) is 0 Å². The highest BCUT2D eigenvalue weighted by atomic mass is 32.1. The van der Waals surface area contributed by atoms with Gasteiger partial charge in [-0.1, -0.05) is 101 Å². The molecule has 2 aromatic heterocycles. The highest BCUT2D eigenvalue weighted by Crippen LogP contribution is 2.40. The van der Waals surface area contributed by atoms with E-state index in [0.29, 0.717) is 0 Å². The zero-order valence-electron chi connectivity index (χ0n) is 22.9. The van der Waals surface area contributed by atoms with Gasteiger partial charge >= 0.3 is 0 Å². The van der Waals surface area contributed by atoms with Gasteiger partial charge in [-0.3, -0.25) is 0 Å². The van der Waals surface area contributed by atoms with Crippen LogP contribution < -0.4 is 0 Å². The molecule has 5 aromatic rings. The van der Waals surface area contributed by atoms with E-state index in [1.807, 2.05) is 0 Å². The average Bonchev–Trinajstić information content (AvgIpc) is 3.57. The largest absolute Gasteiger partial charge is 0.140 e. The van der Waals surface area contributed by atoms with Gasteiger partial charge < -0.3 is 0 Å². The zero-order valence-corrected chi connectivity index (χ0v) is 24.5. The first-order chi connectivity index (χ1) is 18.8. The number of thiophene rings is 2. The summed E-state index contributed by atoms with van der Waals surface area (Å²) in [5.74, 6) is 1.99. The van der Waals surface area contributed by atoms with Crippen LogP contribution in [0.25, 0.3) is 41.7 Å². The van der Waals surface area contributed by atoms with Gasteiger partial charge in [0, 0.05) is 29.9 Å². The molecule has 7 rings (SSSR count). The second-order valence-electron chi connectivity index (χ2n) is 12.5. The lowest BCUT2D eigenvalue weighted by Gasteiger charge is -2.21. The van der Waals surface area contributed by atoms with Crippen molar-refractivity contribution in [1.29, 1.82) is 0 Å². The molecule has 0 atom stereocenters. The number of fused-ring (bicyclic) bond motifs is 6. The molecule has 2 saturated carbocycles. The second-order valence-corrected chi connectivity index (χ2v) is 14.8. The fourth-order valence-electron chi connectivity index (χ4n) is 7.57. The standard InChI is InChI=1S/C36H42S2/c1-3-9-25(10-4-1)13-7-15-31-21-29-19-17-27-24-34-28(23-33(27)35(29)37-31)18-20-30-22-32(38-36(30)34)16-8-14-26-11-5-2-6-12-26/h17-26H,1-16H2. The Labute approximate surface area is 236 Å². The van der Waals surface area contributed by atoms with Gasteiger partial charge in [-0.05, 0) is 83.3 Å². The molecule has 0 radical (unpaired) electrons. The van der Waals surface area contributed by atoms with Crippen molar-refractivity contribution >= 4 is 64.4 Å². The first kappa shape index (κ1) is 25.1. The number of hydrogen-bond donors (Lipinski definition) is 0. The molecule has 0 N–H and O–H groups in total. The van der Waals surface area contributed by atoms with Crippen LogP contribution in [0.3, 0.4) is 0 Å². The van der Waals surface area contributed by atoms with Crippen LogP contribution in [0, 0.1) is 11.8 Å². The van der Waals surface area contributed by atoms with E-state index in [0.717, 1.165) is 11.8 Å². The Morgan fingerprint density at radius 2 is 0.921 bits per heavy atom. The third kappa shape index (κ3) is 5.28. The predicted molar refractivity (Wildman–Crippen MR) is 171 cm³/mol. The van der Waals surface area contributed by atoms with E-state index < -0.39 is 0 Å². The summed E-state index contributed by atoms with van der Waals surface area (Å²) in [5.41, 5.74) is 0. The Kier molecular flexibility index (Phi) is 7.46. The first-order valence-corrected chi connectivity index (χ1v) is 17.2. The molecule has 0 aliphatic heterocycles. The fraction of sp³-hybridized carbons (Fsp3) is 0.500. The van der Waals surface area contributed by atoms with Crippen molar-refractivity contribution in [3.8, 4) is 0 Å². The molecular formula is C36H42S2. The molecule has 0 bridgehead atoms. The quantitative estimate of drug-likeness (QED) is 0.172. The summed E-state index contributed by atoms with van der Waals surface area (Å²) in [6, 6.07) is 19.4. The minimum absolute atomic E-state index is 0.997. The van der Waals surface area contributed by atoms with Crippen LogP contribution in [-0.4, -0.2) is 0 Å². The van der Waals surface area contributed by atoms with Crippen LogP contribution in [0.1, 0.15) is 99.6 Å². The molecular weight excluding hydrogens is 497 g/mol. The van der Waals surface area contributed by atoms with Gasteiger partial charge in [0.2, 0.25) is 0 Å². The molecule has 2 heterocycles. The van der Waals surface area contributed by atoms with Crippen LogP contribution in [0.4, 0.5) is 0 Å². The van der Waals surface area contributed by atoms with Gasteiger partial charge in [0.25, 0.3) is 0 Å². The lowest BCUT2D eigenvalue weighted by Crippen LogP contribution is -2.06. The first-order valence-electron chi connectivity index (χ1n) is 15.6. The van der Waals surface area contributed by atoms with E-state index in [4.69, 9.17) is 0 Å². The van der Waals surface area contributed by atoms with Gasteiger partial charge in [-0.25, -0.2) is 0 Å². The van der Waals surface area contributed by atoms with Crippen molar-refractivity contribution in [3.05, 3.63) is 58.3 Å². The van der Waals surface area contributed by atoms with Crippen molar-refractivity contribution in [2.75, 3.05) is 0 Å².